The van der Waals surface area contributed by atoms with Crippen molar-refractivity contribution in [1.29, 1.82) is 0 Å². The number of hydrogen-bond donors (Lipinski definition) is 2. The zero-order valence-corrected chi connectivity index (χ0v) is 3.99. The minimum Gasteiger partial charge on any atom is -0.329 e. The Labute approximate surface area is 38.2 Å². The van der Waals surface area contributed by atoms with E-state index in [1.165, 1.54) is 0 Å². The summed E-state index contributed by atoms with van der Waals surface area (Å²) in [5.41, 5.74) is 5.54. The maximum atomic E-state index is 3.42. The van der Waals surface area contributed by atoms with Crippen LogP contribution in [0.1, 0.15) is 6.92 Å². The minimum absolute atomic E-state index is 0.923. The molecule has 0 heterocycles. The summed E-state index contributed by atoms with van der Waals surface area (Å²) in [6, 6.07) is 0. The summed E-state index contributed by atoms with van der Waals surface area (Å²) in [5.74, 6) is 0. The van der Waals surface area contributed by atoms with Gasteiger partial charge in [-0.3, -0.25) is 0 Å². The van der Waals surface area contributed by atoms with Crippen LogP contribution < -0.4 is 10.9 Å². The SMILES string of the molecule is C=CNNCC. The van der Waals surface area contributed by atoms with Crippen molar-refractivity contribution in [2.75, 3.05) is 6.54 Å². The topological polar surface area (TPSA) is 24.1 Å². The first-order chi connectivity index (χ1) is 2.91. The van der Waals surface area contributed by atoms with Gasteiger partial charge in [-0.15, -0.1) is 0 Å². The Morgan fingerprint density at radius 2 is 2.50 bits per heavy atom. The lowest BCUT2D eigenvalue weighted by molar-refractivity contribution is 0.657. The first-order valence-electron chi connectivity index (χ1n) is 2.01. The van der Waals surface area contributed by atoms with E-state index in [1.807, 2.05) is 6.92 Å². The molecule has 0 amide bonds. The highest BCUT2D eigenvalue weighted by molar-refractivity contribution is 4.56. The van der Waals surface area contributed by atoms with Gasteiger partial charge in [0.2, 0.25) is 0 Å². The van der Waals surface area contributed by atoms with E-state index in [2.05, 4.69) is 17.4 Å². The molecule has 6 heavy (non-hydrogen) atoms. The fourth-order valence-corrected chi connectivity index (χ4v) is 0.174. The van der Waals surface area contributed by atoms with Gasteiger partial charge in [0.1, 0.15) is 0 Å². The maximum absolute atomic E-state index is 3.42. The van der Waals surface area contributed by atoms with Crippen LogP contribution in [0.15, 0.2) is 12.8 Å². The van der Waals surface area contributed by atoms with Crippen LogP contribution in [0.2, 0.25) is 0 Å². The maximum Gasteiger partial charge on any atom is 0.0119 e. The zero-order valence-electron chi connectivity index (χ0n) is 3.99. The minimum atomic E-state index is 0.923. The van der Waals surface area contributed by atoms with Crippen molar-refractivity contribution in [2.45, 2.75) is 6.92 Å². The van der Waals surface area contributed by atoms with Gasteiger partial charge in [0, 0.05) is 12.7 Å². The molecular weight excluding hydrogens is 76.1 g/mol. The lowest BCUT2D eigenvalue weighted by atomic mass is 10.8. The van der Waals surface area contributed by atoms with Gasteiger partial charge in [-0.05, 0) is 0 Å². The van der Waals surface area contributed by atoms with Gasteiger partial charge < -0.3 is 5.43 Å². The highest BCUT2D eigenvalue weighted by Crippen LogP contribution is 1.44. The first kappa shape index (κ1) is 5.50. The Balaban J connectivity index is 2.49. The number of hydrazine groups is 1. The van der Waals surface area contributed by atoms with Crippen molar-refractivity contribution >= 4 is 0 Å². The average Bonchev–Trinajstić information content (AvgIpc) is 1.61. The standard InChI is InChI=1S/C4H10N2/c1-3-5-6-4-2/h3,5-6H,1,4H2,2H3. The molecule has 0 aliphatic rings. The molecule has 0 spiro atoms. The predicted molar refractivity (Wildman–Crippen MR) is 27.0 cm³/mol. The second-order valence-electron chi connectivity index (χ2n) is 0.879. The molecule has 2 nitrogen and oxygen atoms in total. The molecular formula is C4H10N2. The lowest BCUT2D eigenvalue weighted by Gasteiger charge is -1.93. The van der Waals surface area contributed by atoms with Crippen molar-refractivity contribution in [3.63, 3.8) is 0 Å². The zero-order chi connectivity index (χ0) is 4.83. The first-order valence-corrected chi connectivity index (χ1v) is 2.01. The van der Waals surface area contributed by atoms with Crippen molar-refractivity contribution in [3.8, 4) is 0 Å². The van der Waals surface area contributed by atoms with E-state index in [0.717, 1.165) is 6.54 Å². The smallest absolute Gasteiger partial charge is 0.0119 e. The van der Waals surface area contributed by atoms with Crippen LogP contribution in [0, 0.1) is 0 Å². The van der Waals surface area contributed by atoms with Crippen LogP contribution in [0.4, 0.5) is 0 Å². The van der Waals surface area contributed by atoms with Crippen molar-refractivity contribution in [3.05, 3.63) is 12.8 Å². The van der Waals surface area contributed by atoms with Gasteiger partial charge in [-0.2, -0.15) is 0 Å². The van der Waals surface area contributed by atoms with Gasteiger partial charge >= 0.3 is 0 Å². The summed E-state index contributed by atoms with van der Waals surface area (Å²) in [4.78, 5) is 0. The molecule has 0 saturated carbocycles. The number of nitrogens with one attached hydrogen (secondary N) is 2. The molecule has 0 fully saturated rings. The largest absolute Gasteiger partial charge is 0.329 e. The Morgan fingerprint density at radius 1 is 1.83 bits per heavy atom. The van der Waals surface area contributed by atoms with E-state index in [0.29, 0.717) is 0 Å². The molecule has 36 valence electrons. The summed E-state index contributed by atoms with van der Waals surface area (Å²) >= 11 is 0. The van der Waals surface area contributed by atoms with E-state index in [-0.39, 0.29) is 0 Å². The molecule has 0 unspecified atom stereocenters. The van der Waals surface area contributed by atoms with Crippen LogP contribution >= 0.6 is 0 Å². The normalized spacial score (nSPS) is 7.50. The molecule has 0 aromatic carbocycles. The van der Waals surface area contributed by atoms with Gasteiger partial charge in [-0.25, -0.2) is 5.43 Å². The molecule has 0 atom stereocenters. The Bertz CT molecular complexity index is 34.5. The van der Waals surface area contributed by atoms with Crippen molar-refractivity contribution in [2.24, 2.45) is 0 Å². The molecule has 0 aliphatic heterocycles. The van der Waals surface area contributed by atoms with E-state index < -0.39 is 0 Å². The fourth-order valence-electron chi connectivity index (χ4n) is 0.174. The summed E-state index contributed by atoms with van der Waals surface area (Å²) < 4.78 is 0. The van der Waals surface area contributed by atoms with E-state index in [4.69, 9.17) is 0 Å². The highest BCUT2D eigenvalue weighted by Gasteiger charge is 1.61. The van der Waals surface area contributed by atoms with Gasteiger partial charge in [-0.1, -0.05) is 13.5 Å². The average molecular weight is 86.1 g/mol. The molecule has 0 aromatic rings. The number of rotatable bonds is 3. The molecule has 0 saturated heterocycles. The van der Waals surface area contributed by atoms with Crippen LogP contribution in [0.25, 0.3) is 0 Å². The number of hydrogen-bond acceptors (Lipinski definition) is 2. The van der Waals surface area contributed by atoms with E-state index >= 15 is 0 Å². The van der Waals surface area contributed by atoms with E-state index in [1.54, 1.807) is 6.20 Å². The summed E-state index contributed by atoms with van der Waals surface area (Å²) in [7, 11) is 0. The van der Waals surface area contributed by atoms with Crippen LogP contribution in [-0.4, -0.2) is 6.54 Å². The third-order valence-electron chi connectivity index (χ3n) is 0.381. The summed E-state index contributed by atoms with van der Waals surface area (Å²) in [6.07, 6.45) is 1.60. The predicted octanol–water partition coefficient (Wildman–Crippen LogP) is 0.244. The Hall–Kier alpha value is -0.500. The molecule has 0 aromatic heterocycles. The lowest BCUT2D eigenvalue weighted by Crippen LogP contribution is -2.25. The molecule has 2 N–H and O–H groups in total. The van der Waals surface area contributed by atoms with Crippen molar-refractivity contribution in [1.82, 2.24) is 10.9 Å². The van der Waals surface area contributed by atoms with Crippen LogP contribution in [0.3, 0.4) is 0 Å². The van der Waals surface area contributed by atoms with Crippen LogP contribution in [0.5, 0.6) is 0 Å². The summed E-state index contributed by atoms with van der Waals surface area (Å²) in [6.45, 7) is 6.36. The van der Waals surface area contributed by atoms with Gasteiger partial charge in [0.15, 0.2) is 0 Å². The second-order valence-corrected chi connectivity index (χ2v) is 0.879. The second kappa shape index (κ2) is 4.50. The highest BCUT2D eigenvalue weighted by atomic mass is 15.3. The van der Waals surface area contributed by atoms with Gasteiger partial charge in [0.25, 0.3) is 0 Å². The third-order valence-corrected chi connectivity index (χ3v) is 0.381. The fraction of sp³-hybridized carbons (Fsp3) is 0.500. The van der Waals surface area contributed by atoms with E-state index in [9.17, 15) is 0 Å². The van der Waals surface area contributed by atoms with Crippen molar-refractivity contribution < 1.29 is 0 Å². The molecule has 0 radical (unpaired) electrons. The Kier molecular flexibility index (Phi) is 4.12. The van der Waals surface area contributed by atoms with Gasteiger partial charge in [0.05, 0.1) is 0 Å². The Morgan fingerprint density at radius 3 is 2.67 bits per heavy atom. The quantitative estimate of drug-likeness (QED) is 0.380. The molecule has 0 bridgehead atoms. The van der Waals surface area contributed by atoms with Crippen LogP contribution in [-0.2, 0) is 0 Å². The summed E-state index contributed by atoms with van der Waals surface area (Å²) in [5, 5.41) is 0. The third kappa shape index (κ3) is 3.50. The molecule has 0 aliphatic carbocycles. The molecule has 2 heteroatoms. The molecule has 0 rings (SSSR count). The monoisotopic (exact) mass is 86.1 g/mol.